The lowest BCUT2D eigenvalue weighted by Gasteiger charge is -2.28. The maximum Gasteiger partial charge on any atom is 0.416 e. The fourth-order valence-electron chi connectivity index (χ4n) is 3.55. The number of urea groups is 1. The molecule has 0 spiro atoms. The van der Waals surface area contributed by atoms with Crippen LogP contribution in [-0.2, 0) is 24.1 Å². The number of carbonyl (C=O) groups excluding carboxylic acids is 2. The van der Waals surface area contributed by atoms with Crippen molar-refractivity contribution in [1.29, 1.82) is 0 Å². The van der Waals surface area contributed by atoms with Gasteiger partial charge in [-0.05, 0) is 48.2 Å². The Morgan fingerprint density at radius 1 is 1.06 bits per heavy atom. The van der Waals surface area contributed by atoms with Gasteiger partial charge in [0.15, 0.2) is 0 Å². The fraction of sp³-hybridized carbons (Fsp3) is 0.440. The zero-order valence-corrected chi connectivity index (χ0v) is 20.4. The maximum absolute atomic E-state index is 12.9. The lowest BCUT2D eigenvalue weighted by molar-refractivity contribution is -0.137. The molecular formula is C25H31ClF3N3O2. The summed E-state index contributed by atoms with van der Waals surface area (Å²) >= 11 is 5.89. The van der Waals surface area contributed by atoms with Gasteiger partial charge in [0.25, 0.3) is 0 Å². The SMILES string of the molecule is CCC.CN(Cc1ccc(Cl)cc1)C(=O)C1CCCN1C(=O)NCc1ccc(C(F)(F)F)cc1. The predicted molar refractivity (Wildman–Crippen MR) is 127 cm³/mol. The molecule has 1 aliphatic heterocycles. The molecule has 2 aromatic rings. The normalized spacial score (nSPS) is 15.4. The third-order valence-electron chi connectivity index (χ3n) is 5.23. The Kier molecular flexibility index (Phi) is 10.2. The van der Waals surface area contributed by atoms with E-state index >= 15 is 0 Å². The highest BCUT2D eigenvalue weighted by atomic mass is 35.5. The first-order valence-electron chi connectivity index (χ1n) is 11.3. The molecule has 1 fully saturated rings. The summed E-state index contributed by atoms with van der Waals surface area (Å²) in [5.74, 6) is -0.155. The van der Waals surface area contributed by atoms with Crippen molar-refractivity contribution in [2.45, 2.75) is 58.4 Å². The summed E-state index contributed by atoms with van der Waals surface area (Å²) in [6.07, 6.45) is -1.88. The van der Waals surface area contributed by atoms with Crippen molar-refractivity contribution in [2.24, 2.45) is 0 Å². The van der Waals surface area contributed by atoms with Gasteiger partial charge in [0.05, 0.1) is 5.56 Å². The minimum absolute atomic E-state index is 0.0784. The molecule has 3 amide bonds. The average Bonchev–Trinajstić information content (AvgIpc) is 3.28. The third kappa shape index (κ3) is 7.94. The molecule has 0 aliphatic carbocycles. The zero-order chi connectivity index (χ0) is 25.3. The van der Waals surface area contributed by atoms with Crippen LogP contribution in [0, 0.1) is 0 Å². The van der Waals surface area contributed by atoms with Gasteiger partial charge in [-0.25, -0.2) is 4.79 Å². The molecule has 5 nitrogen and oxygen atoms in total. The number of carbonyl (C=O) groups is 2. The topological polar surface area (TPSA) is 52.7 Å². The van der Waals surface area contributed by atoms with Crippen LogP contribution in [0.3, 0.4) is 0 Å². The molecular weight excluding hydrogens is 467 g/mol. The summed E-state index contributed by atoms with van der Waals surface area (Å²) in [6, 6.07) is 10.8. The van der Waals surface area contributed by atoms with E-state index in [2.05, 4.69) is 19.2 Å². The van der Waals surface area contributed by atoms with Crippen LogP contribution in [0.1, 0.15) is 49.8 Å². The van der Waals surface area contributed by atoms with E-state index in [1.165, 1.54) is 23.5 Å². The highest BCUT2D eigenvalue weighted by molar-refractivity contribution is 6.30. The number of halogens is 4. The number of alkyl halides is 3. The van der Waals surface area contributed by atoms with Gasteiger partial charge >= 0.3 is 12.2 Å². The number of hydrogen-bond acceptors (Lipinski definition) is 2. The minimum atomic E-state index is -4.40. The van der Waals surface area contributed by atoms with Gasteiger partial charge in [0.2, 0.25) is 5.91 Å². The number of amides is 3. The van der Waals surface area contributed by atoms with E-state index in [0.29, 0.717) is 36.5 Å². The van der Waals surface area contributed by atoms with Gasteiger partial charge in [-0.15, -0.1) is 0 Å². The van der Waals surface area contributed by atoms with E-state index in [9.17, 15) is 22.8 Å². The van der Waals surface area contributed by atoms with Crippen molar-refractivity contribution >= 4 is 23.5 Å². The molecule has 0 saturated carbocycles. The molecule has 1 saturated heterocycles. The lowest BCUT2D eigenvalue weighted by atomic mass is 10.1. The first-order chi connectivity index (χ1) is 16.1. The average molecular weight is 498 g/mol. The van der Waals surface area contributed by atoms with Gasteiger partial charge in [0.1, 0.15) is 6.04 Å². The maximum atomic E-state index is 12.9. The molecule has 0 radical (unpaired) electrons. The minimum Gasteiger partial charge on any atom is -0.340 e. The van der Waals surface area contributed by atoms with Gasteiger partial charge in [-0.3, -0.25) is 4.79 Å². The Balaban J connectivity index is 0.00000129. The Morgan fingerprint density at radius 2 is 1.62 bits per heavy atom. The molecule has 186 valence electrons. The molecule has 1 heterocycles. The first-order valence-corrected chi connectivity index (χ1v) is 11.6. The Hall–Kier alpha value is -2.74. The lowest BCUT2D eigenvalue weighted by Crippen LogP contribution is -2.49. The quantitative estimate of drug-likeness (QED) is 0.542. The predicted octanol–water partition coefficient (Wildman–Crippen LogP) is 6.11. The van der Waals surface area contributed by atoms with Crippen molar-refractivity contribution in [3.05, 3.63) is 70.2 Å². The van der Waals surface area contributed by atoms with Crippen molar-refractivity contribution in [1.82, 2.24) is 15.1 Å². The van der Waals surface area contributed by atoms with Crippen molar-refractivity contribution in [3.63, 3.8) is 0 Å². The number of hydrogen-bond donors (Lipinski definition) is 1. The number of nitrogens with one attached hydrogen (secondary N) is 1. The summed E-state index contributed by atoms with van der Waals surface area (Å²) in [5, 5.41) is 3.31. The molecule has 3 rings (SSSR count). The van der Waals surface area contributed by atoms with Gasteiger partial charge in [0, 0.05) is 31.7 Å². The first kappa shape index (κ1) is 27.5. The van der Waals surface area contributed by atoms with E-state index in [1.54, 1.807) is 24.1 Å². The van der Waals surface area contributed by atoms with E-state index in [0.717, 1.165) is 17.7 Å². The van der Waals surface area contributed by atoms with E-state index in [1.807, 2.05) is 12.1 Å². The standard InChI is InChI=1S/C22H23ClF3N3O2.C3H8/c1-28(14-16-6-10-18(23)11-7-16)20(30)19-3-2-12-29(19)21(31)27-13-15-4-8-17(9-5-15)22(24,25)26;1-3-2/h4-11,19H,2-3,12-14H2,1H3,(H,27,31);3H2,1-2H3. The molecule has 1 unspecified atom stereocenters. The van der Waals surface area contributed by atoms with Crippen LogP contribution in [0.4, 0.5) is 18.0 Å². The number of nitrogens with zero attached hydrogens (tertiary/aromatic N) is 2. The van der Waals surface area contributed by atoms with Crippen molar-refractivity contribution in [3.8, 4) is 0 Å². The molecule has 2 aromatic carbocycles. The summed E-state index contributed by atoms with van der Waals surface area (Å²) < 4.78 is 38.0. The van der Waals surface area contributed by atoms with Crippen LogP contribution in [0.5, 0.6) is 0 Å². The largest absolute Gasteiger partial charge is 0.416 e. The molecule has 1 N–H and O–H groups in total. The number of likely N-dealkylation sites (tertiary alicyclic amines) is 1. The molecule has 1 aliphatic rings. The number of likely N-dealkylation sites (N-methyl/N-ethyl adjacent to an activating group) is 1. The van der Waals surface area contributed by atoms with Crippen LogP contribution in [0.15, 0.2) is 48.5 Å². The summed E-state index contributed by atoms with van der Waals surface area (Å²) in [7, 11) is 1.69. The Morgan fingerprint density at radius 3 is 2.18 bits per heavy atom. The number of rotatable bonds is 5. The Bertz CT molecular complexity index is 934. The van der Waals surface area contributed by atoms with Crippen LogP contribution in [-0.4, -0.2) is 41.4 Å². The van der Waals surface area contributed by atoms with Gasteiger partial charge in [-0.2, -0.15) is 13.2 Å². The summed E-state index contributed by atoms with van der Waals surface area (Å²) in [5.41, 5.74) is 0.733. The van der Waals surface area contributed by atoms with Crippen LogP contribution < -0.4 is 5.32 Å². The van der Waals surface area contributed by atoms with Gasteiger partial charge < -0.3 is 15.1 Å². The Labute approximate surface area is 203 Å². The van der Waals surface area contributed by atoms with Gasteiger partial charge in [-0.1, -0.05) is 56.1 Å². The molecule has 34 heavy (non-hydrogen) atoms. The zero-order valence-electron chi connectivity index (χ0n) is 19.7. The molecule has 0 aromatic heterocycles. The highest BCUT2D eigenvalue weighted by Crippen LogP contribution is 2.29. The van der Waals surface area contributed by atoms with Crippen LogP contribution in [0.2, 0.25) is 5.02 Å². The monoisotopic (exact) mass is 497 g/mol. The second-order valence-corrected chi connectivity index (χ2v) is 8.67. The second kappa shape index (κ2) is 12.6. The summed E-state index contributed by atoms with van der Waals surface area (Å²) in [6.45, 7) is 5.17. The summed E-state index contributed by atoms with van der Waals surface area (Å²) in [4.78, 5) is 28.6. The number of benzene rings is 2. The van der Waals surface area contributed by atoms with Crippen LogP contribution >= 0.6 is 11.6 Å². The van der Waals surface area contributed by atoms with Crippen LogP contribution in [0.25, 0.3) is 0 Å². The smallest absolute Gasteiger partial charge is 0.340 e. The van der Waals surface area contributed by atoms with Crippen molar-refractivity contribution < 1.29 is 22.8 Å². The van der Waals surface area contributed by atoms with Crippen molar-refractivity contribution in [2.75, 3.05) is 13.6 Å². The van der Waals surface area contributed by atoms with E-state index in [-0.39, 0.29) is 12.5 Å². The molecule has 0 bridgehead atoms. The molecule has 1 atom stereocenters. The highest BCUT2D eigenvalue weighted by Gasteiger charge is 2.35. The van der Waals surface area contributed by atoms with E-state index < -0.39 is 23.8 Å². The third-order valence-corrected chi connectivity index (χ3v) is 5.48. The molecule has 9 heteroatoms. The second-order valence-electron chi connectivity index (χ2n) is 8.23. The van der Waals surface area contributed by atoms with E-state index in [4.69, 9.17) is 11.6 Å². The fourth-order valence-corrected chi connectivity index (χ4v) is 3.68.